The summed E-state index contributed by atoms with van der Waals surface area (Å²) < 4.78 is 5.13. The van der Waals surface area contributed by atoms with Gasteiger partial charge < -0.3 is 15.4 Å². The number of amidine groups is 1. The van der Waals surface area contributed by atoms with E-state index < -0.39 is 0 Å². The third-order valence-electron chi connectivity index (χ3n) is 3.47. The Morgan fingerprint density at radius 1 is 1.53 bits per heavy atom. The highest BCUT2D eigenvalue weighted by atomic mass is 16.5. The zero-order chi connectivity index (χ0) is 13.8. The molecule has 1 unspecified atom stereocenters. The van der Waals surface area contributed by atoms with Crippen molar-refractivity contribution in [2.75, 3.05) is 20.2 Å². The lowest BCUT2D eigenvalue weighted by Gasteiger charge is -2.32. The van der Waals surface area contributed by atoms with E-state index in [0.29, 0.717) is 17.9 Å². The number of nitrogens with zero attached hydrogens (tertiary/aromatic N) is 1. The van der Waals surface area contributed by atoms with Crippen LogP contribution in [0, 0.1) is 11.3 Å². The molecule has 0 spiro atoms. The van der Waals surface area contributed by atoms with Gasteiger partial charge in [0.2, 0.25) is 0 Å². The molecule has 1 amide bonds. The molecule has 3 N–H and O–H groups in total. The van der Waals surface area contributed by atoms with Crippen molar-refractivity contribution in [3.8, 4) is 5.75 Å². The van der Waals surface area contributed by atoms with Gasteiger partial charge in [0, 0.05) is 24.6 Å². The molecule has 1 atom stereocenters. The zero-order valence-electron chi connectivity index (χ0n) is 11.1. The summed E-state index contributed by atoms with van der Waals surface area (Å²) in [4.78, 5) is 14.2. The molecule has 19 heavy (non-hydrogen) atoms. The Hall–Kier alpha value is -2.04. The number of piperidine rings is 1. The van der Waals surface area contributed by atoms with Gasteiger partial charge in [0.1, 0.15) is 5.75 Å². The molecular formula is C14H19N3O2. The molecule has 1 heterocycles. The number of carbonyl (C=O) groups excluding carboxylic acids is 1. The van der Waals surface area contributed by atoms with Crippen LogP contribution < -0.4 is 10.5 Å². The van der Waals surface area contributed by atoms with Gasteiger partial charge in [-0.3, -0.25) is 10.2 Å². The second-order valence-corrected chi connectivity index (χ2v) is 4.78. The van der Waals surface area contributed by atoms with Crippen LogP contribution in [0.4, 0.5) is 0 Å². The number of likely N-dealkylation sites (tertiary alicyclic amines) is 1. The van der Waals surface area contributed by atoms with Crippen molar-refractivity contribution < 1.29 is 9.53 Å². The van der Waals surface area contributed by atoms with Crippen molar-refractivity contribution in [2.24, 2.45) is 11.7 Å². The van der Waals surface area contributed by atoms with Gasteiger partial charge >= 0.3 is 0 Å². The monoisotopic (exact) mass is 261 g/mol. The molecule has 1 aliphatic rings. The first-order chi connectivity index (χ1) is 9.11. The number of hydrogen-bond donors (Lipinski definition) is 2. The largest absolute Gasteiger partial charge is 0.497 e. The molecule has 1 aromatic carbocycles. The number of carbonyl (C=O) groups is 1. The number of methoxy groups -OCH3 is 1. The second-order valence-electron chi connectivity index (χ2n) is 4.78. The molecule has 102 valence electrons. The quantitative estimate of drug-likeness (QED) is 0.639. The Morgan fingerprint density at radius 3 is 3.00 bits per heavy atom. The van der Waals surface area contributed by atoms with E-state index in [1.807, 2.05) is 6.07 Å². The number of hydrogen-bond acceptors (Lipinski definition) is 3. The van der Waals surface area contributed by atoms with E-state index in [2.05, 4.69) is 0 Å². The molecule has 1 saturated heterocycles. The van der Waals surface area contributed by atoms with Crippen molar-refractivity contribution in [1.82, 2.24) is 4.90 Å². The topological polar surface area (TPSA) is 79.4 Å². The summed E-state index contributed by atoms with van der Waals surface area (Å²) in [5, 5.41) is 7.51. The molecule has 0 aromatic heterocycles. The summed E-state index contributed by atoms with van der Waals surface area (Å²) in [6.45, 7) is 1.26. The minimum atomic E-state index is -0.0233. The van der Waals surface area contributed by atoms with E-state index >= 15 is 0 Å². The summed E-state index contributed by atoms with van der Waals surface area (Å²) in [7, 11) is 1.58. The van der Waals surface area contributed by atoms with Crippen molar-refractivity contribution >= 4 is 11.7 Å². The van der Waals surface area contributed by atoms with Crippen molar-refractivity contribution in [3.05, 3.63) is 29.8 Å². The van der Waals surface area contributed by atoms with Crippen LogP contribution in [-0.4, -0.2) is 36.8 Å². The summed E-state index contributed by atoms with van der Waals surface area (Å²) in [6, 6.07) is 7.13. The molecule has 2 rings (SSSR count). The summed E-state index contributed by atoms with van der Waals surface area (Å²) in [5.74, 6) is 0.808. The van der Waals surface area contributed by atoms with Crippen LogP contribution in [-0.2, 0) is 0 Å². The average Bonchev–Trinajstić information content (AvgIpc) is 2.46. The number of amides is 1. The van der Waals surface area contributed by atoms with Crippen LogP contribution in [0.25, 0.3) is 0 Å². The predicted molar refractivity (Wildman–Crippen MR) is 73.5 cm³/mol. The molecule has 1 aromatic rings. The van der Waals surface area contributed by atoms with E-state index in [0.717, 1.165) is 19.4 Å². The maximum atomic E-state index is 12.4. The van der Waals surface area contributed by atoms with Gasteiger partial charge in [0.15, 0.2) is 0 Å². The fourth-order valence-corrected chi connectivity index (χ4v) is 2.35. The first kappa shape index (κ1) is 13.4. The van der Waals surface area contributed by atoms with Gasteiger partial charge in [-0.2, -0.15) is 0 Å². The number of benzene rings is 1. The Morgan fingerprint density at radius 2 is 2.32 bits per heavy atom. The van der Waals surface area contributed by atoms with Crippen LogP contribution >= 0.6 is 0 Å². The molecule has 1 fully saturated rings. The SMILES string of the molecule is COc1cccc(C(=O)N2CCCC(C(=N)N)C2)c1. The summed E-state index contributed by atoms with van der Waals surface area (Å²) in [5.41, 5.74) is 6.15. The highest BCUT2D eigenvalue weighted by Gasteiger charge is 2.26. The van der Waals surface area contributed by atoms with Gasteiger partial charge in [-0.25, -0.2) is 0 Å². The van der Waals surface area contributed by atoms with Gasteiger partial charge in [-0.15, -0.1) is 0 Å². The third kappa shape index (κ3) is 3.05. The first-order valence-electron chi connectivity index (χ1n) is 6.39. The summed E-state index contributed by atoms with van der Waals surface area (Å²) >= 11 is 0. The average molecular weight is 261 g/mol. The number of rotatable bonds is 3. The highest BCUT2D eigenvalue weighted by molar-refractivity contribution is 5.95. The molecule has 1 aliphatic heterocycles. The predicted octanol–water partition coefficient (Wildman–Crippen LogP) is 1.48. The van der Waals surface area contributed by atoms with Crippen LogP contribution in [0.3, 0.4) is 0 Å². The molecular weight excluding hydrogens is 242 g/mol. The number of nitrogens with two attached hydrogens (primary N) is 1. The van der Waals surface area contributed by atoms with Crippen LogP contribution in [0.5, 0.6) is 5.75 Å². The van der Waals surface area contributed by atoms with Gasteiger partial charge in [-0.1, -0.05) is 6.07 Å². The Bertz CT molecular complexity index is 487. The van der Waals surface area contributed by atoms with Gasteiger partial charge in [0.25, 0.3) is 5.91 Å². The highest BCUT2D eigenvalue weighted by Crippen LogP contribution is 2.20. The smallest absolute Gasteiger partial charge is 0.254 e. The van der Waals surface area contributed by atoms with E-state index in [9.17, 15) is 4.79 Å². The minimum absolute atomic E-state index is 0.0108. The van der Waals surface area contributed by atoms with E-state index in [1.54, 1.807) is 30.2 Å². The van der Waals surface area contributed by atoms with Crippen molar-refractivity contribution in [3.63, 3.8) is 0 Å². The third-order valence-corrected chi connectivity index (χ3v) is 3.47. The van der Waals surface area contributed by atoms with E-state index in [1.165, 1.54) is 0 Å². The van der Waals surface area contributed by atoms with Crippen molar-refractivity contribution in [2.45, 2.75) is 12.8 Å². The fraction of sp³-hybridized carbons (Fsp3) is 0.429. The number of ether oxygens (including phenoxy) is 1. The Kier molecular flexibility index (Phi) is 4.04. The second kappa shape index (κ2) is 5.73. The zero-order valence-corrected chi connectivity index (χ0v) is 11.1. The molecule has 0 saturated carbocycles. The first-order valence-corrected chi connectivity index (χ1v) is 6.39. The standard InChI is InChI=1S/C14H19N3O2/c1-19-12-6-2-4-10(8-12)14(18)17-7-3-5-11(9-17)13(15)16/h2,4,6,8,11H,3,5,7,9H2,1H3,(H3,15,16). The normalized spacial score (nSPS) is 19.0. The Balaban J connectivity index is 2.12. The molecule has 0 radical (unpaired) electrons. The summed E-state index contributed by atoms with van der Waals surface area (Å²) in [6.07, 6.45) is 1.77. The minimum Gasteiger partial charge on any atom is -0.497 e. The maximum Gasteiger partial charge on any atom is 0.254 e. The lowest BCUT2D eigenvalue weighted by Crippen LogP contribution is -2.43. The lowest BCUT2D eigenvalue weighted by atomic mass is 9.96. The molecule has 0 bridgehead atoms. The van der Waals surface area contributed by atoms with Gasteiger partial charge in [0.05, 0.1) is 12.9 Å². The van der Waals surface area contributed by atoms with E-state index in [-0.39, 0.29) is 17.7 Å². The van der Waals surface area contributed by atoms with Crippen LogP contribution in [0.2, 0.25) is 0 Å². The van der Waals surface area contributed by atoms with Crippen molar-refractivity contribution in [1.29, 1.82) is 5.41 Å². The van der Waals surface area contributed by atoms with Crippen LogP contribution in [0.15, 0.2) is 24.3 Å². The molecule has 5 heteroatoms. The van der Waals surface area contributed by atoms with Crippen LogP contribution in [0.1, 0.15) is 23.2 Å². The fourth-order valence-electron chi connectivity index (χ4n) is 2.35. The molecule has 5 nitrogen and oxygen atoms in total. The van der Waals surface area contributed by atoms with E-state index in [4.69, 9.17) is 15.9 Å². The maximum absolute atomic E-state index is 12.4. The lowest BCUT2D eigenvalue weighted by molar-refractivity contribution is 0.0702. The number of nitrogens with one attached hydrogen (secondary N) is 1. The Labute approximate surface area is 112 Å². The van der Waals surface area contributed by atoms with Gasteiger partial charge in [-0.05, 0) is 31.0 Å². The molecule has 0 aliphatic carbocycles.